The summed E-state index contributed by atoms with van der Waals surface area (Å²) in [5, 5.41) is 44.9. The van der Waals surface area contributed by atoms with Crippen LogP contribution in [0.15, 0.2) is 47.2 Å². The Balaban J connectivity index is 1.76. The molecule has 3 aliphatic rings. The van der Waals surface area contributed by atoms with E-state index in [-0.39, 0.29) is 29.7 Å². The fourth-order valence-corrected chi connectivity index (χ4v) is 6.51. The Morgan fingerprint density at radius 2 is 1.82 bits per heavy atom. The largest absolute Gasteiger partial charge is 0.508 e. The van der Waals surface area contributed by atoms with Crippen LogP contribution in [0, 0.1) is 11.8 Å². The van der Waals surface area contributed by atoms with E-state index in [1.54, 1.807) is 24.3 Å². The number of benzene rings is 2. The van der Waals surface area contributed by atoms with Gasteiger partial charge in [0.2, 0.25) is 5.78 Å². The minimum atomic E-state index is -2.71. The number of fused-ring (bicyclic) bond motifs is 3. The van der Waals surface area contributed by atoms with E-state index in [0.717, 1.165) is 0 Å². The summed E-state index contributed by atoms with van der Waals surface area (Å²) in [7, 11) is 4.54. The summed E-state index contributed by atoms with van der Waals surface area (Å²) in [6, 6.07) is 6.57. The van der Waals surface area contributed by atoms with E-state index in [1.807, 2.05) is 0 Å². The highest BCUT2D eigenvalue weighted by Gasteiger charge is 2.64. The van der Waals surface area contributed by atoms with Crippen LogP contribution in [0.1, 0.15) is 27.9 Å². The molecule has 0 saturated heterocycles. The maximum Gasteiger partial charge on any atom is 0.255 e. The number of likely N-dealkylation sites (N-methyl/N-ethyl adjacent to an activating group) is 1. The number of aromatic hydroxyl groups is 1. The van der Waals surface area contributed by atoms with Crippen LogP contribution in [-0.2, 0) is 20.8 Å². The molecule has 0 unspecified atom stereocenters. The van der Waals surface area contributed by atoms with Crippen LogP contribution < -0.4 is 10.5 Å². The van der Waals surface area contributed by atoms with E-state index in [0.29, 0.717) is 34.3 Å². The summed E-state index contributed by atoms with van der Waals surface area (Å²) in [5.74, 6) is -6.75. The average molecular weight is 549 g/mol. The summed E-state index contributed by atoms with van der Waals surface area (Å²) in [4.78, 5) is 52.3. The predicted octanol–water partition coefficient (Wildman–Crippen LogP) is 1.45. The third-order valence-electron chi connectivity index (χ3n) is 8.25. The lowest BCUT2D eigenvalue weighted by molar-refractivity contribution is -0.153. The lowest BCUT2D eigenvalue weighted by Crippen LogP contribution is -2.65. The molecule has 11 heteroatoms. The third-order valence-corrected chi connectivity index (χ3v) is 8.25. The van der Waals surface area contributed by atoms with Gasteiger partial charge in [0.15, 0.2) is 11.4 Å². The molecule has 0 aliphatic heterocycles. The van der Waals surface area contributed by atoms with Gasteiger partial charge in [0, 0.05) is 22.6 Å². The quantitative estimate of drug-likeness (QED) is 0.270. The van der Waals surface area contributed by atoms with Crippen molar-refractivity contribution in [3.8, 4) is 22.6 Å². The van der Waals surface area contributed by atoms with Crippen molar-refractivity contribution in [1.82, 2.24) is 4.90 Å². The second-order valence-electron chi connectivity index (χ2n) is 10.5. The number of amides is 1. The zero-order chi connectivity index (χ0) is 29.3. The van der Waals surface area contributed by atoms with Crippen LogP contribution in [0.3, 0.4) is 0 Å². The van der Waals surface area contributed by atoms with Crippen molar-refractivity contribution in [3.63, 3.8) is 0 Å². The summed E-state index contributed by atoms with van der Waals surface area (Å²) in [6.45, 7) is 0. The Hall–Kier alpha value is -4.48. The minimum absolute atomic E-state index is 0.0353. The highest BCUT2D eigenvalue weighted by Crippen LogP contribution is 2.54. The molecule has 2 aromatic carbocycles. The number of nitrogens with two attached hydrogens (primary N) is 1. The van der Waals surface area contributed by atoms with E-state index < -0.39 is 58.0 Å². The van der Waals surface area contributed by atoms with Crippen LogP contribution in [0.4, 0.5) is 0 Å². The Morgan fingerprint density at radius 3 is 2.42 bits per heavy atom. The first-order valence-corrected chi connectivity index (χ1v) is 12.5. The van der Waals surface area contributed by atoms with Gasteiger partial charge in [0.1, 0.15) is 34.9 Å². The number of primary amides is 1. The number of hydrogen-bond donors (Lipinski definition) is 5. The number of hydrogen-bond acceptors (Lipinski definition) is 10. The van der Waals surface area contributed by atoms with Gasteiger partial charge in [-0.1, -0.05) is 6.07 Å². The summed E-state index contributed by atoms with van der Waals surface area (Å²) in [5.41, 5.74) is 3.37. The molecule has 0 heterocycles. The zero-order valence-electron chi connectivity index (χ0n) is 22.0. The summed E-state index contributed by atoms with van der Waals surface area (Å²) >= 11 is 0. The van der Waals surface area contributed by atoms with Crippen LogP contribution in [0.2, 0.25) is 0 Å². The molecule has 40 heavy (non-hydrogen) atoms. The molecule has 5 rings (SSSR count). The van der Waals surface area contributed by atoms with Gasteiger partial charge in [-0.2, -0.15) is 0 Å². The Kier molecular flexibility index (Phi) is 6.31. The number of phenols is 1. The fraction of sp³-hybridized carbons (Fsp3) is 0.310. The molecule has 6 N–H and O–H groups in total. The SMILES string of the molecule is COc1ccc(C=O)cc1-c1ccc(O)c2c1C[C@H]1C[C@H]3[C@H](N(C)C)C(=O)C(C(N)=O)=C(O)[C@@]3(O)C(=O)C1=C2O. The molecule has 0 spiro atoms. The first kappa shape index (κ1) is 27.1. The molecule has 1 fully saturated rings. The van der Waals surface area contributed by atoms with E-state index in [9.17, 15) is 39.6 Å². The van der Waals surface area contributed by atoms with Crippen molar-refractivity contribution < 1.29 is 44.3 Å². The minimum Gasteiger partial charge on any atom is -0.508 e. The standard InChI is InChI=1S/C29H28N2O9/c1-31(2)23-17-10-13-9-16-14(15-8-12(11-32)4-7-19(15)40-3)5-6-18(33)21(16)24(34)20(13)26(36)29(17,39)27(37)22(25(23)35)28(30)38/h4-8,11,13,17,23,33-34,37,39H,9-10H2,1-3H3,(H2,30,38)/t13-,17-,23-,29-/m0/s1. The molecule has 11 nitrogen and oxygen atoms in total. The van der Waals surface area contributed by atoms with E-state index >= 15 is 0 Å². The molecule has 1 saturated carbocycles. The van der Waals surface area contributed by atoms with Gasteiger partial charge >= 0.3 is 0 Å². The van der Waals surface area contributed by atoms with E-state index in [1.165, 1.54) is 32.2 Å². The first-order valence-electron chi connectivity index (χ1n) is 12.5. The van der Waals surface area contributed by atoms with Crippen molar-refractivity contribution in [3.05, 3.63) is 63.9 Å². The van der Waals surface area contributed by atoms with Gasteiger partial charge in [0.25, 0.3) is 5.91 Å². The lowest BCUT2D eigenvalue weighted by Gasteiger charge is -2.50. The number of ether oxygens (including phenoxy) is 1. The molecular weight excluding hydrogens is 520 g/mol. The van der Waals surface area contributed by atoms with Gasteiger partial charge in [-0.15, -0.1) is 0 Å². The molecule has 1 amide bonds. The Labute approximate surface area is 228 Å². The van der Waals surface area contributed by atoms with Crippen molar-refractivity contribution in [2.24, 2.45) is 17.6 Å². The molecular formula is C29H28N2O9. The highest BCUT2D eigenvalue weighted by molar-refractivity contribution is 6.24. The van der Waals surface area contributed by atoms with E-state index in [4.69, 9.17) is 10.5 Å². The van der Waals surface area contributed by atoms with Crippen molar-refractivity contribution in [2.75, 3.05) is 21.2 Å². The molecule has 0 radical (unpaired) electrons. The monoisotopic (exact) mass is 548 g/mol. The molecule has 0 aromatic heterocycles. The van der Waals surface area contributed by atoms with E-state index in [2.05, 4.69) is 0 Å². The predicted molar refractivity (Wildman–Crippen MR) is 142 cm³/mol. The molecule has 2 aromatic rings. The number of Topliss-reactive ketones (excluding diaryl/α,β-unsaturated/α-hetero) is 2. The van der Waals surface area contributed by atoms with Crippen LogP contribution in [-0.4, -0.2) is 81.9 Å². The van der Waals surface area contributed by atoms with Gasteiger partial charge < -0.3 is 30.9 Å². The Bertz CT molecular complexity index is 1570. The van der Waals surface area contributed by atoms with Crippen LogP contribution in [0.25, 0.3) is 16.9 Å². The second kappa shape index (κ2) is 9.32. The van der Waals surface area contributed by atoms with Crippen LogP contribution in [0.5, 0.6) is 11.5 Å². The van der Waals surface area contributed by atoms with Crippen molar-refractivity contribution >= 4 is 29.5 Å². The topological polar surface area (TPSA) is 188 Å². The number of aliphatic hydroxyl groups excluding tert-OH is 2. The average Bonchev–Trinajstić information content (AvgIpc) is 2.90. The normalized spacial score (nSPS) is 25.9. The number of carbonyl (C=O) groups is 4. The highest BCUT2D eigenvalue weighted by atomic mass is 16.5. The number of methoxy groups -OCH3 is 1. The molecule has 3 aliphatic carbocycles. The number of aliphatic hydroxyl groups is 3. The summed E-state index contributed by atoms with van der Waals surface area (Å²) in [6.07, 6.45) is 0.743. The number of rotatable bonds is 5. The number of phenolic OH excluding ortho intramolecular Hbond substituents is 1. The zero-order valence-corrected chi connectivity index (χ0v) is 22.0. The molecule has 0 bridgehead atoms. The van der Waals surface area contributed by atoms with Gasteiger partial charge in [0.05, 0.1) is 18.7 Å². The molecule has 4 atom stereocenters. The fourth-order valence-electron chi connectivity index (χ4n) is 6.51. The number of aldehydes is 1. The maximum atomic E-state index is 14.0. The third kappa shape index (κ3) is 3.58. The van der Waals surface area contributed by atoms with Gasteiger partial charge in [-0.3, -0.25) is 24.1 Å². The Morgan fingerprint density at radius 1 is 1.12 bits per heavy atom. The van der Waals surface area contributed by atoms with Gasteiger partial charge in [-0.05, 0) is 68.2 Å². The smallest absolute Gasteiger partial charge is 0.255 e. The van der Waals surface area contributed by atoms with Gasteiger partial charge in [-0.25, -0.2) is 0 Å². The number of carbonyl (C=O) groups excluding carboxylic acids is 4. The number of ketones is 2. The van der Waals surface area contributed by atoms with Crippen molar-refractivity contribution in [2.45, 2.75) is 24.5 Å². The summed E-state index contributed by atoms with van der Waals surface area (Å²) < 4.78 is 5.49. The lowest BCUT2D eigenvalue weighted by atomic mass is 9.57. The van der Waals surface area contributed by atoms with Crippen molar-refractivity contribution in [1.29, 1.82) is 0 Å². The molecule has 208 valence electrons. The maximum absolute atomic E-state index is 14.0. The first-order chi connectivity index (χ1) is 18.9. The van der Waals surface area contributed by atoms with Crippen LogP contribution >= 0.6 is 0 Å². The second-order valence-corrected chi connectivity index (χ2v) is 10.5. The number of nitrogens with zero attached hydrogens (tertiary/aromatic N) is 1.